The first kappa shape index (κ1) is 16.7. The number of esters is 1. The van der Waals surface area contributed by atoms with Gasteiger partial charge in [0.2, 0.25) is 11.8 Å². The smallest absolute Gasteiger partial charge is 0.313 e. The lowest BCUT2D eigenvalue weighted by Crippen LogP contribution is -2.33. The number of benzene rings is 1. The predicted octanol–water partition coefficient (Wildman–Crippen LogP) is 2.77. The molecule has 1 heterocycles. The van der Waals surface area contributed by atoms with Gasteiger partial charge in [0.05, 0.1) is 18.3 Å². The fourth-order valence-electron chi connectivity index (χ4n) is 3.78. The van der Waals surface area contributed by atoms with Crippen LogP contribution in [0.2, 0.25) is 0 Å². The molecule has 0 unspecified atom stereocenters. The number of amides is 2. The van der Waals surface area contributed by atoms with E-state index in [9.17, 15) is 14.4 Å². The van der Waals surface area contributed by atoms with Crippen molar-refractivity contribution in [3.63, 3.8) is 0 Å². The number of nitrogens with zero attached hydrogens (tertiary/aromatic N) is 1. The van der Waals surface area contributed by atoms with E-state index >= 15 is 0 Å². The van der Waals surface area contributed by atoms with E-state index in [0.29, 0.717) is 5.75 Å². The number of imide groups is 1. The van der Waals surface area contributed by atoms with Gasteiger partial charge >= 0.3 is 5.97 Å². The van der Waals surface area contributed by atoms with Gasteiger partial charge in [-0.05, 0) is 37.8 Å². The lowest BCUT2D eigenvalue weighted by Gasteiger charge is -2.19. The molecule has 128 valence electrons. The molecule has 1 saturated carbocycles. The summed E-state index contributed by atoms with van der Waals surface area (Å²) in [4.78, 5) is 38.2. The van der Waals surface area contributed by atoms with Crippen LogP contribution in [-0.2, 0) is 14.4 Å². The van der Waals surface area contributed by atoms with Crippen LogP contribution in [-0.4, -0.2) is 29.2 Å². The Bertz CT molecular complexity index is 638. The van der Waals surface area contributed by atoms with Crippen LogP contribution in [0, 0.1) is 25.7 Å². The van der Waals surface area contributed by atoms with Gasteiger partial charge in [-0.15, -0.1) is 0 Å². The molecule has 1 aliphatic heterocycles. The zero-order valence-corrected chi connectivity index (χ0v) is 14.2. The summed E-state index contributed by atoms with van der Waals surface area (Å²) in [5.74, 6) is -0.394. The van der Waals surface area contributed by atoms with E-state index in [4.69, 9.17) is 4.74 Å². The number of ether oxygens (including phenoxy) is 1. The van der Waals surface area contributed by atoms with Crippen molar-refractivity contribution in [3.8, 4) is 5.75 Å². The first-order valence-electron chi connectivity index (χ1n) is 8.61. The average molecular weight is 329 g/mol. The Balaban J connectivity index is 1.60. The second-order valence-corrected chi connectivity index (χ2v) is 6.77. The van der Waals surface area contributed by atoms with Gasteiger partial charge in [-0.2, -0.15) is 0 Å². The first-order valence-corrected chi connectivity index (χ1v) is 8.61. The molecule has 2 atom stereocenters. The normalized spacial score (nSPS) is 23.3. The molecule has 1 aliphatic carbocycles. The number of fused-ring (bicyclic) bond motifs is 1. The van der Waals surface area contributed by atoms with Crippen molar-refractivity contribution in [2.24, 2.45) is 11.8 Å². The molecule has 0 radical (unpaired) electrons. The molecule has 1 aromatic carbocycles. The van der Waals surface area contributed by atoms with Crippen LogP contribution >= 0.6 is 0 Å². The Hall–Kier alpha value is -2.17. The van der Waals surface area contributed by atoms with Gasteiger partial charge in [0.15, 0.2) is 0 Å². The molecule has 2 aliphatic rings. The van der Waals surface area contributed by atoms with Gasteiger partial charge in [0.25, 0.3) is 0 Å². The predicted molar refractivity (Wildman–Crippen MR) is 88.3 cm³/mol. The second-order valence-electron chi connectivity index (χ2n) is 6.77. The maximum Gasteiger partial charge on any atom is 0.313 e. The molecule has 2 amide bonds. The first-order chi connectivity index (χ1) is 11.5. The van der Waals surface area contributed by atoms with Crippen LogP contribution in [0.3, 0.4) is 0 Å². The molecule has 2 fully saturated rings. The van der Waals surface area contributed by atoms with E-state index in [0.717, 1.165) is 36.8 Å². The molecule has 5 heteroatoms. The standard InChI is InChI=1S/C19H23NO4/c1-12-6-5-7-13(2)17(12)24-16(21)10-11-20-18(22)14-8-3-4-9-15(14)19(20)23/h5-7,14-15H,3-4,8-11H2,1-2H3/t14-,15-/m1/s1. The summed E-state index contributed by atoms with van der Waals surface area (Å²) in [5, 5.41) is 0. The molecular weight excluding hydrogens is 306 g/mol. The molecule has 3 rings (SSSR count). The number of carbonyl (C=O) groups is 3. The van der Waals surface area contributed by atoms with Gasteiger partial charge in [-0.1, -0.05) is 31.0 Å². The van der Waals surface area contributed by atoms with Gasteiger partial charge < -0.3 is 4.74 Å². The number of carbonyl (C=O) groups excluding carboxylic acids is 3. The highest BCUT2D eigenvalue weighted by Crippen LogP contribution is 2.38. The number of hydrogen-bond acceptors (Lipinski definition) is 4. The largest absolute Gasteiger partial charge is 0.426 e. The number of aryl methyl sites for hydroxylation is 2. The Labute approximate surface area is 142 Å². The monoisotopic (exact) mass is 329 g/mol. The lowest BCUT2D eigenvalue weighted by molar-refractivity contribution is -0.141. The number of para-hydroxylation sites is 1. The summed E-state index contributed by atoms with van der Waals surface area (Å²) in [6, 6.07) is 5.67. The van der Waals surface area contributed by atoms with Crippen molar-refractivity contribution in [2.75, 3.05) is 6.54 Å². The van der Waals surface area contributed by atoms with E-state index in [-0.39, 0.29) is 36.6 Å². The summed E-state index contributed by atoms with van der Waals surface area (Å²) >= 11 is 0. The minimum atomic E-state index is -0.414. The fourth-order valence-corrected chi connectivity index (χ4v) is 3.78. The maximum atomic E-state index is 12.4. The molecule has 0 bridgehead atoms. The SMILES string of the molecule is Cc1cccc(C)c1OC(=O)CCN1C(=O)[C@@H]2CCCC[C@H]2C1=O. The summed E-state index contributed by atoms with van der Waals surface area (Å²) in [6.07, 6.45) is 3.62. The van der Waals surface area contributed by atoms with Crippen LogP contribution < -0.4 is 4.74 Å². The number of hydrogen-bond donors (Lipinski definition) is 0. The Kier molecular flexibility index (Phi) is 4.69. The molecule has 0 spiro atoms. The second kappa shape index (κ2) is 6.75. The van der Waals surface area contributed by atoms with E-state index < -0.39 is 5.97 Å². The van der Waals surface area contributed by atoms with Crippen molar-refractivity contribution in [2.45, 2.75) is 46.0 Å². The van der Waals surface area contributed by atoms with E-state index in [1.807, 2.05) is 32.0 Å². The van der Waals surface area contributed by atoms with Crippen LogP contribution in [0.5, 0.6) is 5.75 Å². The highest BCUT2D eigenvalue weighted by molar-refractivity contribution is 6.05. The van der Waals surface area contributed by atoms with Crippen LogP contribution in [0.25, 0.3) is 0 Å². The van der Waals surface area contributed by atoms with E-state index in [2.05, 4.69) is 0 Å². The minimum absolute atomic E-state index is 0.0324. The van der Waals surface area contributed by atoms with Crippen molar-refractivity contribution in [1.29, 1.82) is 0 Å². The summed E-state index contributed by atoms with van der Waals surface area (Å²) in [6.45, 7) is 3.89. The van der Waals surface area contributed by atoms with Gasteiger partial charge in [-0.3, -0.25) is 19.3 Å². The summed E-state index contributed by atoms with van der Waals surface area (Å²) in [5.41, 5.74) is 1.78. The van der Waals surface area contributed by atoms with Gasteiger partial charge in [0.1, 0.15) is 5.75 Å². The Morgan fingerprint density at radius 3 is 2.17 bits per heavy atom. The van der Waals surface area contributed by atoms with Crippen molar-refractivity contribution >= 4 is 17.8 Å². The Morgan fingerprint density at radius 2 is 1.62 bits per heavy atom. The molecule has 1 aromatic rings. The Morgan fingerprint density at radius 1 is 1.08 bits per heavy atom. The average Bonchev–Trinajstić information content (AvgIpc) is 2.81. The number of likely N-dealkylation sites (tertiary alicyclic amines) is 1. The third kappa shape index (κ3) is 3.07. The highest BCUT2D eigenvalue weighted by Gasteiger charge is 2.47. The zero-order chi connectivity index (χ0) is 17.3. The third-order valence-electron chi connectivity index (χ3n) is 5.10. The molecule has 0 aromatic heterocycles. The van der Waals surface area contributed by atoms with E-state index in [1.165, 1.54) is 4.90 Å². The summed E-state index contributed by atoms with van der Waals surface area (Å²) in [7, 11) is 0. The van der Waals surface area contributed by atoms with Crippen molar-refractivity contribution < 1.29 is 19.1 Å². The molecular formula is C19H23NO4. The number of rotatable bonds is 4. The van der Waals surface area contributed by atoms with Crippen LogP contribution in [0.15, 0.2) is 18.2 Å². The quantitative estimate of drug-likeness (QED) is 0.484. The molecule has 1 saturated heterocycles. The maximum absolute atomic E-state index is 12.4. The lowest BCUT2D eigenvalue weighted by atomic mass is 9.81. The molecule has 5 nitrogen and oxygen atoms in total. The zero-order valence-electron chi connectivity index (χ0n) is 14.2. The van der Waals surface area contributed by atoms with Gasteiger partial charge in [0, 0.05) is 6.54 Å². The fraction of sp³-hybridized carbons (Fsp3) is 0.526. The van der Waals surface area contributed by atoms with Crippen molar-refractivity contribution in [1.82, 2.24) is 4.90 Å². The summed E-state index contributed by atoms with van der Waals surface area (Å²) < 4.78 is 5.44. The van der Waals surface area contributed by atoms with Crippen LogP contribution in [0.4, 0.5) is 0 Å². The van der Waals surface area contributed by atoms with Gasteiger partial charge in [-0.25, -0.2) is 0 Å². The van der Waals surface area contributed by atoms with E-state index in [1.54, 1.807) is 0 Å². The highest BCUT2D eigenvalue weighted by atomic mass is 16.5. The van der Waals surface area contributed by atoms with Crippen LogP contribution in [0.1, 0.15) is 43.2 Å². The molecule has 24 heavy (non-hydrogen) atoms. The minimum Gasteiger partial charge on any atom is -0.426 e. The molecule has 0 N–H and O–H groups in total. The topological polar surface area (TPSA) is 63.7 Å². The van der Waals surface area contributed by atoms with Crippen molar-refractivity contribution in [3.05, 3.63) is 29.3 Å². The third-order valence-corrected chi connectivity index (χ3v) is 5.10.